The molecule has 1 aromatic carbocycles. The van der Waals surface area contributed by atoms with Gasteiger partial charge in [0.25, 0.3) is 0 Å². The molecule has 0 saturated heterocycles. The van der Waals surface area contributed by atoms with Crippen LogP contribution in [0.4, 0.5) is 4.39 Å². The van der Waals surface area contributed by atoms with E-state index in [0.717, 1.165) is 6.07 Å². The summed E-state index contributed by atoms with van der Waals surface area (Å²) in [6.45, 7) is -0.423. The van der Waals surface area contributed by atoms with E-state index >= 15 is 0 Å². The normalized spacial score (nSPS) is 10.1. The summed E-state index contributed by atoms with van der Waals surface area (Å²) in [5.74, 6) is -2.54. The maximum atomic E-state index is 13.5. The number of rotatable bonds is 3. The van der Waals surface area contributed by atoms with Crippen molar-refractivity contribution in [2.45, 2.75) is 0 Å². The average Bonchev–Trinajstić information content (AvgIpc) is 2.23. The second-order valence-electron chi connectivity index (χ2n) is 2.73. The summed E-state index contributed by atoms with van der Waals surface area (Å²) >= 11 is 5.58. The fourth-order valence-corrected chi connectivity index (χ4v) is 1.29. The molecule has 0 fully saturated rings. The van der Waals surface area contributed by atoms with Crippen LogP contribution < -0.4 is 10.5 Å². The zero-order valence-electron chi connectivity index (χ0n) is 7.88. The van der Waals surface area contributed by atoms with Crippen molar-refractivity contribution in [3.63, 3.8) is 0 Å². The number of methoxy groups -OCH3 is 1. The monoisotopic (exact) mass is 233 g/mol. The molecule has 0 amide bonds. The number of hydrogen-bond donors (Lipinski definition) is 2. The molecule has 0 aromatic heterocycles. The number of benzene rings is 1. The number of phenolic OH excluding ortho intramolecular Hbond substituents is 1. The van der Waals surface area contributed by atoms with Gasteiger partial charge in [-0.25, -0.2) is 4.39 Å². The highest BCUT2D eigenvalue weighted by molar-refractivity contribution is 6.32. The maximum Gasteiger partial charge on any atom is 0.183 e. The molecule has 0 saturated carbocycles. The second-order valence-corrected chi connectivity index (χ2v) is 3.13. The van der Waals surface area contributed by atoms with Gasteiger partial charge >= 0.3 is 0 Å². The minimum absolute atomic E-state index is 0.162. The predicted octanol–water partition coefficient (Wildman–Crippen LogP) is 1.33. The smallest absolute Gasteiger partial charge is 0.183 e. The average molecular weight is 234 g/mol. The SMILES string of the molecule is COc1cc(Cl)c(O)c(C(=O)CN)c1F. The molecule has 0 heterocycles. The molecule has 0 aliphatic carbocycles. The van der Waals surface area contributed by atoms with Crippen molar-refractivity contribution in [1.82, 2.24) is 0 Å². The van der Waals surface area contributed by atoms with Gasteiger partial charge < -0.3 is 15.6 Å². The van der Waals surface area contributed by atoms with Crippen LogP contribution in [0.5, 0.6) is 11.5 Å². The van der Waals surface area contributed by atoms with Crippen molar-refractivity contribution in [3.8, 4) is 11.5 Å². The van der Waals surface area contributed by atoms with Crippen LogP contribution in [0.1, 0.15) is 10.4 Å². The number of ketones is 1. The van der Waals surface area contributed by atoms with E-state index in [1.54, 1.807) is 0 Å². The number of halogens is 2. The van der Waals surface area contributed by atoms with Crippen LogP contribution in [0.2, 0.25) is 5.02 Å². The van der Waals surface area contributed by atoms with Crippen LogP contribution in [-0.2, 0) is 0 Å². The molecule has 0 radical (unpaired) electrons. The van der Waals surface area contributed by atoms with Crippen LogP contribution in [0.3, 0.4) is 0 Å². The lowest BCUT2D eigenvalue weighted by atomic mass is 10.1. The van der Waals surface area contributed by atoms with Crippen molar-refractivity contribution in [2.24, 2.45) is 5.73 Å². The number of nitrogens with two attached hydrogens (primary N) is 1. The van der Waals surface area contributed by atoms with Gasteiger partial charge in [0.1, 0.15) is 11.3 Å². The van der Waals surface area contributed by atoms with E-state index in [1.807, 2.05) is 0 Å². The molecule has 0 unspecified atom stereocenters. The van der Waals surface area contributed by atoms with Crippen molar-refractivity contribution in [3.05, 3.63) is 22.5 Å². The summed E-state index contributed by atoms with van der Waals surface area (Å²) < 4.78 is 18.2. The van der Waals surface area contributed by atoms with E-state index in [9.17, 15) is 14.3 Å². The molecule has 15 heavy (non-hydrogen) atoms. The van der Waals surface area contributed by atoms with E-state index in [2.05, 4.69) is 4.74 Å². The molecule has 1 aromatic rings. The number of carbonyl (C=O) groups excluding carboxylic acids is 1. The lowest BCUT2D eigenvalue weighted by Crippen LogP contribution is -2.16. The molecule has 0 aliphatic rings. The van der Waals surface area contributed by atoms with Crippen LogP contribution in [-0.4, -0.2) is 24.5 Å². The fourth-order valence-electron chi connectivity index (χ4n) is 1.10. The Balaban J connectivity index is 3.47. The minimum atomic E-state index is -0.963. The minimum Gasteiger partial charge on any atom is -0.506 e. The predicted molar refractivity (Wildman–Crippen MR) is 53.0 cm³/mol. The Labute approximate surface area is 90.4 Å². The van der Waals surface area contributed by atoms with Crippen LogP contribution >= 0.6 is 11.6 Å². The Morgan fingerprint density at radius 2 is 2.33 bits per heavy atom. The van der Waals surface area contributed by atoms with Gasteiger partial charge in [0.2, 0.25) is 0 Å². The van der Waals surface area contributed by atoms with Crippen molar-refractivity contribution in [1.29, 1.82) is 0 Å². The van der Waals surface area contributed by atoms with Gasteiger partial charge in [-0.3, -0.25) is 4.79 Å². The third-order valence-electron chi connectivity index (χ3n) is 1.84. The first-order chi connectivity index (χ1) is 7.02. The highest BCUT2D eigenvalue weighted by Crippen LogP contribution is 2.35. The van der Waals surface area contributed by atoms with E-state index < -0.39 is 29.5 Å². The Bertz CT molecular complexity index is 409. The third kappa shape index (κ3) is 2.03. The number of Topliss-reactive ketones (excluding diaryl/α,β-unsaturated/α-hetero) is 1. The topological polar surface area (TPSA) is 72.5 Å². The zero-order valence-corrected chi connectivity index (χ0v) is 8.64. The highest BCUT2D eigenvalue weighted by atomic mass is 35.5. The Morgan fingerprint density at radius 3 is 2.80 bits per heavy atom. The summed E-state index contributed by atoms with van der Waals surface area (Å²) in [4.78, 5) is 11.2. The zero-order chi connectivity index (χ0) is 11.6. The lowest BCUT2D eigenvalue weighted by Gasteiger charge is -2.09. The summed E-state index contributed by atoms with van der Waals surface area (Å²) in [7, 11) is 1.22. The van der Waals surface area contributed by atoms with Crippen LogP contribution in [0.25, 0.3) is 0 Å². The van der Waals surface area contributed by atoms with Crippen molar-refractivity contribution < 1.29 is 19.0 Å². The summed E-state index contributed by atoms with van der Waals surface area (Å²) in [6.07, 6.45) is 0. The lowest BCUT2D eigenvalue weighted by molar-refractivity contribution is 0.0994. The summed E-state index contributed by atoms with van der Waals surface area (Å²) in [5, 5.41) is 9.23. The van der Waals surface area contributed by atoms with E-state index in [-0.39, 0.29) is 10.8 Å². The molecular formula is C9H9ClFNO3. The third-order valence-corrected chi connectivity index (χ3v) is 2.13. The fraction of sp³-hybridized carbons (Fsp3) is 0.222. The van der Waals surface area contributed by atoms with Gasteiger partial charge in [0.05, 0.1) is 18.7 Å². The molecule has 4 nitrogen and oxygen atoms in total. The first-order valence-electron chi connectivity index (χ1n) is 4.01. The van der Waals surface area contributed by atoms with Crippen LogP contribution in [0, 0.1) is 5.82 Å². The van der Waals surface area contributed by atoms with E-state index in [4.69, 9.17) is 17.3 Å². The summed E-state index contributed by atoms with van der Waals surface area (Å²) in [6, 6.07) is 1.08. The van der Waals surface area contributed by atoms with Crippen molar-refractivity contribution >= 4 is 17.4 Å². The molecule has 82 valence electrons. The molecular weight excluding hydrogens is 225 g/mol. The number of aromatic hydroxyl groups is 1. The van der Waals surface area contributed by atoms with Gasteiger partial charge in [-0.15, -0.1) is 0 Å². The van der Waals surface area contributed by atoms with Crippen molar-refractivity contribution in [2.75, 3.05) is 13.7 Å². The summed E-state index contributed by atoms with van der Waals surface area (Å²) in [5.41, 5.74) is 4.53. The molecule has 1 rings (SSSR count). The van der Waals surface area contributed by atoms with Crippen LogP contribution in [0.15, 0.2) is 6.07 Å². The first-order valence-corrected chi connectivity index (χ1v) is 4.39. The van der Waals surface area contributed by atoms with Gasteiger partial charge in [-0.05, 0) is 0 Å². The van der Waals surface area contributed by atoms with Gasteiger partial charge in [0, 0.05) is 6.07 Å². The number of hydrogen-bond acceptors (Lipinski definition) is 4. The Hall–Kier alpha value is -1.33. The molecule has 0 aliphatic heterocycles. The number of phenols is 1. The van der Waals surface area contributed by atoms with Gasteiger partial charge in [-0.1, -0.05) is 11.6 Å². The number of ether oxygens (including phenoxy) is 1. The molecule has 0 bridgehead atoms. The Kier molecular flexibility index (Phi) is 3.49. The van der Waals surface area contributed by atoms with E-state index in [0.29, 0.717) is 0 Å². The maximum absolute atomic E-state index is 13.5. The largest absolute Gasteiger partial charge is 0.506 e. The van der Waals surface area contributed by atoms with Gasteiger partial charge in [0.15, 0.2) is 17.3 Å². The second kappa shape index (κ2) is 4.46. The van der Waals surface area contributed by atoms with Gasteiger partial charge in [-0.2, -0.15) is 0 Å². The molecule has 0 spiro atoms. The number of carbonyl (C=O) groups is 1. The molecule has 3 N–H and O–H groups in total. The first kappa shape index (κ1) is 11.7. The quantitative estimate of drug-likeness (QED) is 0.773. The molecule has 0 atom stereocenters. The highest BCUT2D eigenvalue weighted by Gasteiger charge is 2.22. The molecule has 6 heteroatoms. The van der Waals surface area contributed by atoms with E-state index in [1.165, 1.54) is 7.11 Å². The standard InChI is InChI=1S/C9H9ClFNO3/c1-15-6-2-4(10)9(14)7(8(6)11)5(13)3-12/h2,14H,3,12H2,1H3. The Morgan fingerprint density at radius 1 is 1.73 bits per heavy atom.